The molecular weight excluding hydrogens is 192 g/mol. The highest BCUT2D eigenvalue weighted by Crippen LogP contribution is 2.28. The largest absolute Gasteiger partial charge is 0.392 e. The Bertz CT molecular complexity index is 203. The van der Waals surface area contributed by atoms with Crippen LogP contribution in [-0.4, -0.2) is 29.7 Å². The summed E-state index contributed by atoms with van der Waals surface area (Å²) >= 11 is 0. The minimum atomic E-state index is -0.372. The molecule has 0 aromatic carbocycles. The van der Waals surface area contributed by atoms with Gasteiger partial charge in [-0.15, -0.1) is 0 Å². The number of carbonyl (C=O) groups is 1. The summed E-state index contributed by atoms with van der Waals surface area (Å²) in [5, 5.41) is 12.7. The van der Waals surface area contributed by atoms with Gasteiger partial charge >= 0.3 is 0 Å². The van der Waals surface area contributed by atoms with Crippen molar-refractivity contribution in [2.24, 2.45) is 11.7 Å². The molecule has 1 fully saturated rings. The van der Waals surface area contributed by atoms with Crippen molar-refractivity contribution >= 4 is 5.91 Å². The molecule has 0 heterocycles. The van der Waals surface area contributed by atoms with Gasteiger partial charge in [0.05, 0.1) is 12.1 Å². The Hall–Kier alpha value is -0.610. The lowest BCUT2D eigenvalue weighted by molar-refractivity contribution is -0.119. The molecule has 4 N–H and O–H groups in total. The number of hydrogen-bond donors (Lipinski definition) is 3. The fourth-order valence-corrected chi connectivity index (χ4v) is 2.13. The average molecular weight is 214 g/mol. The Morgan fingerprint density at radius 1 is 1.53 bits per heavy atom. The number of amides is 1. The second-order valence-corrected chi connectivity index (χ2v) is 4.57. The van der Waals surface area contributed by atoms with Gasteiger partial charge in [-0.25, -0.2) is 0 Å². The number of hydrogen-bond acceptors (Lipinski definition) is 3. The molecule has 88 valence electrons. The van der Waals surface area contributed by atoms with Crippen molar-refractivity contribution in [1.82, 2.24) is 5.32 Å². The SMILES string of the molecule is CC(NCC(O)CC1CCCC1)C(N)=O. The quantitative estimate of drug-likeness (QED) is 0.599. The van der Waals surface area contributed by atoms with E-state index in [1.54, 1.807) is 6.92 Å². The van der Waals surface area contributed by atoms with E-state index in [-0.39, 0.29) is 18.1 Å². The first-order chi connectivity index (χ1) is 7.09. The summed E-state index contributed by atoms with van der Waals surface area (Å²) in [5.41, 5.74) is 5.10. The first kappa shape index (κ1) is 12.5. The lowest BCUT2D eigenvalue weighted by atomic mass is 10.00. The second-order valence-electron chi connectivity index (χ2n) is 4.57. The minimum Gasteiger partial charge on any atom is -0.392 e. The van der Waals surface area contributed by atoms with Gasteiger partial charge in [-0.3, -0.25) is 4.79 Å². The summed E-state index contributed by atoms with van der Waals surface area (Å²) in [5.74, 6) is 0.300. The molecule has 1 aliphatic rings. The molecule has 4 heteroatoms. The third kappa shape index (κ3) is 4.62. The first-order valence-corrected chi connectivity index (χ1v) is 5.80. The Kier molecular flexibility index (Phi) is 5.05. The van der Waals surface area contributed by atoms with Crippen molar-refractivity contribution in [3.05, 3.63) is 0 Å². The molecule has 2 atom stereocenters. The molecule has 1 rings (SSSR count). The summed E-state index contributed by atoms with van der Waals surface area (Å²) in [6, 6.07) is -0.358. The van der Waals surface area contributed by atoms with Crippen molar-refractivity contribution in [2.75, 3.05) is 6.54 Å². The molecule has 0 saturated heterocycles. The molecule has 0 aromatic rings. The average Bonchev–Trinajstić information content (AvgIpc) is 2.66. The monoisotopic (exact) mass is 214 g/mol. The number of nitrogens with one attached hydrogen (secondary N) is 1. The van der Waals surface area contributed by atoms with E-state index >= 15 is 0 Å². The van der Waals surface area contributed by atoms with Crippen LogP contribution >= 0.6 is 0 Å². The van der Waals surface area contributed by atoms with E-state index in [0.29, 0.717) is 12.5 Å². The fourth-order valence-electron chi connectivity index (χ4n) is 2.13. The molecular formula is C11H22N2O2. The van der Waals surface area contributed by atoms with Crippen molar-refractivity contribution in [2.45, 2.75) is 51.2 Å². The van der Waals surface area contributed by atoms with Gasteiger partial charge in [0.25, 0.3) is 0 Å². The lowest BCUT2D eigenvalue weighted by Gasteiger charge is -2.17. The maximum absolute atomic E-state index is 10.7. The molecule has 15 heavy (non-hydrogen) atoms. The summed E-state index contributed by atoms with van der Waals surface area (Å²) in [7, 11) is 0. The standard InChI is InChI=1S/C11H22N2O2/c1-8(11(12)15)13-7-10(14)6-9-4-2-3-5-9/h8-10,13-14H,2-7H2,1H3,(H2,12,15). The molecule has 1 saturated carbocycles. The Morgan fingerprint density at radius 2 is 2.13 bits per heavy atom. The van der Waals surface area contributed by atoms with Crippen molar-refractivity contribution < 1.29 is 9.90 Å². The zero-order valence-electron chi connectivity index (χ0n) is 9.41. The Balaban J connectivity index is 2.12. The highest BCUT2D eigenvalue weighted by Gasteiger charge is 2.19. The van der Waals surface area contributed by atoms with Gasteiger partial charge in [-0.1, -0.05) is 25.7 Å². The van der Waals surface area contributed by atoms with Crippen LogP contribution in [0.4, 0.5) is 0 Å². The van der Waals surface area contributed by atoms with Crippen LogP contribution < -0.4 is 11.1 Å². The van der Waals surface area contributed by atoms with Crippen LogP contribution in [0.15, 0.2) is 0 Å². The number of aliphatic hydroxyl groups is 1. The van der Waals surface area contributed by atoms with Crippen LogP contribution in [0.5, 0.6) is 0 Å². The molecule has 2 unspecified atom stereocenters. The molecule has 0 aromatic heterocycles. The number of primary amides is 1. The number of nitrogens with two attached hydrogens (primary N) is 1. The normalized spacial score (nSPS) is 21.5. The number of rotatable bonds is 6. The van der Waals surface area contributed by atoms with Crippen LogP contribution in [0.2, 0.25) is 0 Å². The predicted molar refractivity (Wildman–Crippen MR) is 59.2 cm³/mol. The number of aliphatic hydroxyl groups excluding tert-OH is 1. The summed E-state index contributed by atoms with van der Waals surface area (Å²) in [6.07, 6.45) is 5.56. The second kappa shape index (κ2) is 6.08. The van der Waals surface area contributed by atoms with Crippen molar-refractivity contribution in [3.8, 4) is 0 Å². The zero-order chi connectivity index (χ0) is 11.3. The topological polar surface area (TPSA) is 75.3 Å². The zero-order valence-corrected chi connectivity index (χ0v) is 9.41. The van der Waals surface area contributed by atoms with E-state index in [1.165, 1.54) is 25.7 Å². The van der Waals surface area contributed by atoms with Crippen LogP contribution in [0.25, 0.3) is 0 Å². The summed E-state index contributed by atoms with van der Waals surface area (Å²) < 4.78 is 0. The smallest absolute Gasteiger partial charge is 0.234 e. The maximum atomic E-state index is 10.7. The molecule has 0 spiro atoms. The van der Waals surface area contributed by atoms with Crippen LogP contribution in [0.3, 0.4) is 0 Å². The third-order valence-electron chi connectivity index (χ3n) is 3.17. The molecule has 1 aliphatic carbocycles. The van der Waals surface area contributed by atoms with Crippen LogP contribution in [-0.2, 0) is 4.79 Å². The van der Waals surface area contributed by atoms with E-state index in [0.717, 1.165) is 6.42 Å². The Morgan fingerprint density at radius 3 is 2.67 bits per heavy atom. The Labute approximate surface area is 91.2 Å². The van der Waals surface area contributed by atoms with Gasteiger partial charge in [0, 0.05) is 6.54 Å². The van der Waals surface area contributed by atoms with E-state index in [9.17, 15) is 9.90 Å². The highest BCUT2D eigenvalue weighted by atomic mass is 16.3. The van der Waals surface area contributed by atoms with Gasteiger partial charge < -0.3 is 16.2 Å². The predicted octanol–water partition coefficient (Wildman–Crippen LogP) is 0.391. The third-order valence-corrected chi connectivity index (χ3v) is 3.17. The van der Waals surface area contributed by atoms with E-state index < -0.39 is 0 Å². The lowest BCUT2D eigenvalue weighted by Crippen LogP contribution is -2.42. The van der Waals surface area contributed by atoms with E-state index in [1.807, 2.05) is 0 Å². The minimum absolute atomic E-state index is 0.352. The summed E-state index contributed by atoms with van der Waals surface area (Å²) in [4.78, 5) is 10.7. The maximum Gasteiger partial charge on any atom is 0.234 e. The first-order valence-electron chi connectivity index (χ1n) is 5.80. The molecule has 0 aliphatic heterocycles. The van der Waals surface area contributed by atoms with Gasteiger partial charge in [0.1, 0.15) is 0 Å². The van der Waals surface area contributed by atoms with Gasteiger partial charge in [0.15, 0.2) is 0 Å². The van der Waals surface area contributed by atoms with Crippen LogP contribution in [0, 0.1) is 5.92 Å². The molecule has 4 nitrogen and oxygen atoms in total. The van der Waals surface area contributed by atoms with Gasteiger partial charge in [-0.2, -0.15) is 0 Å². The molecule has 0 radical (unpaired) electrons. The number of carbonyl (C=O) groups excluding carboxylic acids is 1. The van der Waals surface area contributed by atoms with Crippen LogP contribution in [0.1, 0.15) is 39.0 Å². The molecule has 1 amide bonds. The van der Waals surface area contributed by atoms with E-state index in [2.05, 4.69) is 5.32 Å². The summed E-state index contributed by atoms with van der Waals surface area (Å²) in [6.45, 7) is 2.17. The molecule has 0 bridgehead atoms. The fraction of sp³-hybridized carbons (Fsp3) is 0.909. The van der Waals surface area contributed by atoms with Crippen molar-refractivity contribution in [1.29, 1.82) is 0 Å². The van der Waals surface area contributed by atoms with E-state index in [4.69, 9.17) is 5.73 Å². The van der Waals surface area contributed by atoms with Gasteiger partial charge in [-0.05, 0) is 19.3 Å². The van der Waals surface area contributed by atoms with Crippen molar-refractivity contribution in [3.63, 3.8) is 0 Å². The van der Waals surface area contributed by atoms with Gasteiger partial charge in [0.2, 0.25) is 5.91 Å². The highest BCUT2D eigenvalue weighted by molar-refractivity contribution is 5.79.